The van der Waals surface area contributed by atoms with Crippen molar-refractivity contribution in [2.24, 2.45) is 0 Å². The minimum Gasteiger partial charge on any atom is -0.480 e. The van der Waals surface area contributed by atoms with E-state index in [-0.39, 0.29) is 38.2 Å². The number of phosphoric ester groups is 1. The van der Waals surface area contributed by atoms with Crippen LogP contribution in [-0.4, -0.2) is 30.3 Å². The largest absolute Gasteiger partial charge is 0.530 e. The van der Waals surface area contributed by atoms with Gasteiger partial charge in [-0.05, 0) is 17.7 Å². The number of nitrogens with one attached hydrogen (secondary N) is 1. The van der Waals surface area contributed by atoms with Crippen molar-refractivity contribution in [3.63, 3.8) is 0 Å². The Labute approximate surface area is 149 Å². The minimum atomic E-state index is -4.03. The number of phosphoric acid groups is 1. The summed E-state index contributed by atoms with van der Waals surface area (Å²) < 4.78 is 40.2. The van der Waals surface area contributed by atoms with E-state index in [1.165, 1.54) is 29.8 Å². The van der Waals surface area contributed by atoms with Crippen LogP contribution in [0.15, 0.2) is 24.3 Å². The molecule has 0 amide bonds. The fourth-order valence-electron chi connectivity index (χ4n) is 1.72. The molecular formula is C15H17FN3O6P. The summed E-state index contributed by atoms with van der Waals surface area (Å²) >= 11 is 0. The Morgan fingerprint density at radius 1 is 1.19 bits per heavy atom. The van der Waals surface area contributed by atoms with E-state index >= 15 is 0 Å². The zero-order chi connectivity index (χ0) is 19.4. The smallest absolute Gasteiger partial charge is 0.480 e. The first-order chi connectivity index (χ1) is 12.4. The molecule has 0 spiro atoms. The molecule has 0 saturated heterocycles. The van der Waals surface area contributed by atoms with Crippen LogP contribution >= 0.6 is 7.82 Å². The third-order valence-corrected chi connectivity index (χ3v) is 4.37. The van der Waals surface area contributed by atoms with Gasteiger partial charge in [0.1, 0.15) is 11.8 Å². The molecule has 0 aliphatic heterocycles. The van der Waals surface area contributed by atoms with Gasteiger partial charge in [-0.15, -0.1) is 10.0 Å². The van der Waals surface area contributed by atoms with Gasteiger partial charge >= 0.3 is 13.8 Å². The summed E-state index contributed by atoms with van der Waals surface area (Å²) in [6, 6.07) is 7.96. The molecule has 1 atom stereocenters. The van der Waals surface area contributed by atoms with Gasteiger partial charge in [-0.2, -0.15) is 10.5 Å². The van der Waals surface area contributed by atoms with Crippen LogP contribution < -0.4 is 10.1 Å². The van der Waals surface area contributed by atoms with E-state index in [9.17, 15) is 13.8 Å². The number of benzene rings is 1. The number of carboxylic acid groups (broad SMARTS) is 1. The lowest BCUT2D eigenvalue weighted by Crippen LogP contribution is -2.33. The van der Waals surface area contributed by atoms with Crippen molar-refractivity contribution < 1.29 is 32.5 Å². The van der Waals surface area contributed by atoms with Gasteiger partial charge in [-0.1, -0.05) is 12.1 Å². The third-order valence-electron chi connectivity index (χ3n) is 2.94. The lowest BCUT2D eigenvalue weighted by atomic mass is 10.1. The SMILES string of the molecule is N#CCCOP(=O)(OCCC#N)Oc1ccc(CC(NF)C(=O)O)cc1. The standard InChI is InChI=1S/C15H17FN3O6P/c16-19-14(15(20)21)11-12-3-5-13(6-4-12)25-26(22,23-9-1-7-17)24-10-2-8-18/h3-6,14,19H,1-2,9-11H2,(H,20,21). The molecule has 0 aliphatic rings. The maximum absolute atomic E-state index is 12.5. The van der Waals surface area contributed by atoms with E-state index in [1.54, 1.807) is 0 Å². The van der Waals surface area contributed by atoms with Crippen LogP contribution in [-0.2, 0) is 24.8 Å². The van der Waals surface area contributed by atoms with E-state index in [0.717, 1.165) is 0 Å². The number of hydrogen-bond donors (Lipinski definition) is 2. The molecule has 0 radical (unpaired) electrons. The van der Waals surface area contributed by atoms with Gasteiger partial charge in [0.05, 0.1) is 38.2 Å². The Balaban J connectivity index is 2.77. The van der Waals surface area contributed by atoms with Gasteiger partial charge in [0.2, 0.25) is 0 Å². The Hall–Kier alpha value is -2.49. The van der Waals surface area contributed by atoms with Gasteiger partial charge in [0.15, 0.2) is 0 Å². The third kappa shape index (κ3) is 7.60. The molecule has 0 aromatic heterocycles. The van der Waals surface area contributed by atoms with Gasteiger partial charge in [0, 0.05) is 6.42 Å². The van der Waals surface area contributed by atoms with Gasteiger partial charge in [-0.25, -0.2) is 4.57 Å². The molecule has 0 fully saturated rings. The molecule has 0 bridgehead atoms. The number of aliphatic carboxylic acids is 1. The number of nitrogens with zero attached hydrogens (tertiary/aromatic N) is 2. The van der Waals surface area contributed by atoms with Crippen molar-refractivity contribution in [1.82, 2.24) is 5.54 Å². The van der Waals surface area contributed by atoms with E-state index < -0.39 is 19.8 Å². The topological polar surface area (TPSA) is 142 Å². The second kappa shape index (κ2) is 11.2. The summed E-state index contributed by atoms with van der Waals surface area (Å²) in [4.78, 5) is 10.8. The first-order valence-electron chi connectivity index (χ1n) is 7.44. The minimum absolute atomic E-state index is 0.0271. The molecule has 9 nitrogen and oxygen atoms in total. The Bertz CT molecular complexity index is 692. The summed E-state index contributed by atoms with van der Waals surface area (Å²) in [5, 5.41) is 25.8. The summed E-state index contributed by atoms with van der Waals surface area (Å²) in [5.74, 6) is -1.24. The van der Waals surface area contributed by atoms with Crippen molar-refractivity contribution in [1.29, 1.82) is 10.5 Å². The highest BCUT2D eigenvalue weighted by Gasteiger charge is 2.28. The van der Waals surface area contributed by atoms with Crippen LogP contribution in [0.25, 0.3) is 0 Å². The summed E-state index contributed by atoms with van der Waals surface area (Å²) in [6.07, 6.45) is -0.164. The maximum Gasteiger partial charge on any atom is 0.530 e. The fourth-order valence-corrected chi connectivity index (χ4v) is 2.91. The lowest BCUT2D eigenvalue weighted by Gasteiger charge is -2.18. The van der Waals surface area contributed by atoms with Crippen LogP contribution in [0.5, 0.6) is 5.75 Å². The van der Waals surface area contributed by atoms with Gasteiger partial charge < -0.3 is 9.63 Å². The van der Waals surface area contributed by atoms with E-state index in [1.807, 2.05) is 12.1 Å². The van der Waals surface area contributed by atoms with Crippen LogP contribution in [0.4, 0.5) is 4.48 Å². The molecule has 1 unspecified atom stereocenters. The average molecular weight is 385 g/mol. The molecule has 0 heterocycles. The first kappa shape index (κ1) is 21.6. The predicted molar refractivity (Wildman–Crippen MR) is 86.4 cm³/mol. The highest BCUT2D eigenvalue weighted by Crippen LogP contribution is 2.49. The zero-order valence-corrected chi connectivity index (χ0v) is 14.5. The molecule has 2 N–H and O–H groups in total. The molecule has 0 saturated carbocycles. The highest BCUT2D eigenvalue weighted by atomic mass is 31.2. The van der Waals surface area contributed by atoms with E-state index in [0.29, 0.717) is 5.56 Å². The van der Waals surface area contributed by atoms with Crippen molar-refractivity contribution in [2.75, 3.05) is 13.2 Å². The number of hydrogen-bond acceptors (Lipinski definition) is 8. The van der Waals surface area contributed by atoms with Crippen LogP contribution in [0.3, 0.4) is 0 Å². The van der Waals surface area contributed by atoms with Crippen LogP contribution in [0.1, 0.15) is 18.4 Å². The van der Waals surface area contributed by atoms with Crippen molar-refractivity contribution in [3.05, 3.63) is 29.8 Å². The summed E-state index contributed by atoms with van der Waals surface area (Å²) in [5.41, 5.74) is 1.69. The molecule has 140 valence electrons. The molecule has 1 rings (SSSR count). The highest BCUT2D eigenvalue weighted by molar-refractivity contribution is 7.48. The molecule has 0 aliphatic carbocycles. The predicted octanol–water partition coefficient (Wildman–Crippen LogP) is 2.50. The van der Waals surface area contributed by atoms with Crippen LogP contribution in [0, 0.1) is 22.7 Å². The molecule has 26 heavy (non-hydrogen) atoms. The van der Waals surface area contributed by atoms with E-state index in [4.69, 9.17) is 29.2 Å². The monoisotopic (exact) mass is 385 g/mol. The van der Waals surface area contributed by atoms with Crippen molar-refractivity contribution >= 4 is 13.8 Å². The summed E-state index contributed by atoms with van der Waals surface area (Å²) in [7, 11) is -4.03. The molecule has 1 aromatic rings. The van der Waals surface area contributed by atoms with Crippen molar-refractivity contribution in [3.8, 4) is 17.9 Å². The quantitative estimate of drug-likeness (QED) is 0.315. The molecular weight excluding hydrogens is 368 g/mol. The second-order valence-electron chi connectivity index (χ2n) is 4.87. The molecule has 1 aromatic carbocycles. The molecule has 11 heteroatoms. The number of rotatable bonds is 12. The average Bonchev–Trinajstić information content (AvgIpc) is 2.61. The summed E-state index contributed by atoms with van der Waals surface area (Å²) in [6.45, 7) is -0.359. The number of nitriles is 2. The Morgan fingerprint density at radius 2 is 1.73 bits per heavy atom. The lowest BCUT2D eigenvalue weighted by molar-refractivity contribution is -0.140. The number of carboxylic acids is 1. The Kier molecular flexibility index (Phi) is 9.27. The maximum atomic E-state index is 12.5. The second-order valence-corrected chi connectivity index (χ2v) is 6.46. The van der Waals surface area contributed by atoms with Gasteiger partial charge in [0.25, 0.3) is 0 Å². The fraction of sp³-hybridized carbons (Fsp3) is 0.400. The van der Waals surface area contributed by atoms with E-state index in [2.05, 4.69) is 0 Å². The van der Waals surface area contributed by atoms with Crippen molar-refractivity contribution in [2.45, 2.75) is 25.3 Å². The first-order valence-corrected chi connectivity index (χ1v) is 8.90. The number of carbonyl (C=O) groups is 1. The normalized spacial score (nSPS) is 12.0. The van der Waals surface area contributed by atoms with Gasteiger partial charge in [-0.3, -0.25) is 13.8 Å². The van der Waals surface area contributed by atoms with Crippen LogP contribution in [0.2, 0.25) is 0 Å². The number of halogens is 1. The Morgan fingerprint density at radius 3 is 2.15 bits per heavy atom. The zero-order valence-electron chi connectivity index (χ0n) is 13.6.